The molecular formula is C15H12F2N2O2S. The van der Waals surface area contributed by atoms with Crippen LogP contribution in [0.4, 0.5) is 14.5 Å². The molecule has 0 unspecified atom stereocenters. The van der Waals surface area contributed by atoms with Crippen LogP contribution in [0.15, 0.2) is 47.4 Å². The van der Waals surface area contributed by atoms with E-state index in [4.69, 9.17) is 5.73 Å². The third-order valence-corrected chi connectivity index (χ3v) is 3.73. The van der Waals surface area contributed by atoms with Crippen LogP contribution in [0.5, 0.6) is 0 Å². The normalized spacial score (nSPS) is 10.3. The van der Waals surface area contributed by atoms with Crippen LogP contribution in [0.2, 0.25) is 0 Å². The summed E-state index contributed by atoms with van der Waals surface area (Å²) in [6.07, 6.45) is 0. The van der Waals surface area contributed by atoms with Crippen LogP contribution in [-0.4, -0.2) is 17.6 Å². The minimum absolute atomic E-state index is 0.0570. The summed E-state index contributed by atoms with van der Waals surface area (Å²) in [6.45, 7) is 0. The van der Waals surface area contributed by atoms with Gasteiger partial charge in [0.15, 0.2) is 0 Å². The number of carbonyl (C=O) groups is 2. The monoisotopic (exact) mass is 322 g/mol. The fourth-order valence-corrected chi connectivity index (χ4v) is 2.47. The van der Waals surface area contributed by atoms with Gasteiger partial charge in [-0.25, -0.2) is 8.78 Å². The number of nitrogens with two attached hydrogens (primary N) is 1. The SMILES string of the molecule is NC(=O)CSc1ccccc1NC(=O)c1cc(F)cc(F)c1. The Morgan fingerprint density at radius 2 is 1.73 bits per heavy atom. The lowest BCUT2D eigenvalue weighted by atomic mass is 10.2. The molecule has 0 bridgehead atoms. The highest BCUT2D eigenvalue weighted by atomic mass is 32.2. The zero-order chi connectivity index (χ0) is 16.1. The predicted octanol–water partition coefficient (Wildman–Crippen LogP) is 2.79. The second kappa shape index (κ2) is 7.04. The summed E-state index contributed by atoms with van der Waals surface area (Å²) >= 11 is 1.16. The molecule has 0 spiro atoms. The number of rotatable bonds is 5. The second-order valence-electron chi connectivity index (χ2n) is 4.36. The molecule has 2 aromatic rings. The van der Waals surface area contributed by atoms with Gasteiger partial charge >= 0.3 is 0 Å². The van der Waals surface area contributed by atoms with E-state index in [-0.39, 0.29) is 11.3 Å². The van der Waals surface area contributed by atoms with E-state index in [0.717, 1.165) is 23.9 Å². The van der Waals surface area contributed by atoms with E-state index >= 15 is 0 Å². The molecule has 2 rings (SSSR count). The number of nitrogens with one attached hydrogen (secondary N) is 1. The van der Waals surface area contributed by atoms with Crippen LogP contribution < -0.4 is 11.1 Å². The van der Waals surface area contributed by atoms with E-state index in [9.17, 15) is 18.4 Å². The highest BCUT2D eigenvalue weighted by Gasteiger charge is 2.12. The number of primary amides is 1. The molecule has 22 heavy (non-hydrogen) atoms. The van der Waals surface area contributed by atoms with Gasteiger partial charge in [0.2, 0.25) is 5.91 Å². The van der Waals surface area contributed by atoms with Gasteiger partial charge < -0.3 is 11.1 Å². The maximum atomic E-state index is 13.1. The van der Waals surface area contributed by atoms with Crippen molar-refractivity contribution in [1.82, 2.24) is 0 Å². The summed E-state index contributed by atoms with van der Waals surface area (Å²) in [5.41, 5.74) is 5.39. The van der Waals surface area contributed by atoms with Gasteiger partial charge in [0.25, 0.3) is 5.91 Å². The van der Waals surface area contributed by atoms with Crippen molar-refractivity contribution in [3.05, 3.63) is 59.7 Å². The number of thioether (sulfide) groups is 1. The number of para-hydroxylation sites is 1. The van der Waals surface area contributed by atoms with Gasteiger partial charge in [-0.1, -0.05) is 12.1 Å². The van der Waals surface area contributed by atoms with E-state index in [0.29, 0.717) is 16.6 Å². The maximum absolute atomic E-state index is 13.1. The van der Waals surface area contributed by atoms with Gasteiger partial charge in [0.1, 0.15) is 11.6 Å². The van der Waals surface area contributed by atoms with Gasteiger partial charge in [-0.15, -0.1) is 11.8 Å². The quantitative estimate of drug-likeness (QED) is 0.832. The van der Waals surface area contributed by atoms with Crippen LogP contribution in [0.25, 0.3) is 0 Å². The molecule has 0 aromatic heterocycles. The molecule has 0 radical (unpaired) electrons. The lowest BCUT2D eigenvalue weighted by Crippen LogP contribution is -2.15. The molecule has 0 atom stereocenters. The number of halogens is 2. The van der Waals surface area contributed by atoms with E-state index in [1.54, 1.807) is 24.3 Å². The first-order valence-electron chi connectivity index (χ1n) is 6.23. The average molecular weight is 322 g/mol. The number of hydrogen-bond donors (Lipinski definition) is 2. The molecule has 3 N–H and O–H groups in total. The highest BCUT2D eigenvalue weighted by Crippen LogP contribution is 2.27. The molecule has 2 aromatic carbocycles. The smallest absolute Gasteiger partial charge is 0.255 e. The van der Waals surface area contributed by atoms with Crippen molar-refractivity contribution < 1.29 is 18.4 Å². The molecule has 0 heterocycles. The minimum atomic E-state index is -0.832. The highest BCUT2D eigenvalue weighted by molar-refractivity contribution is 8.00. The molecule has 0 aliphatic heterocycles. The Morgan fingerprint density at radius 3 is 2.36 bits per heavy atom. The van der Waals surface area contributed by atoms with Crippen molar-refractivity contribution in [2.75, 3.05) is 11.1 Å². The third kappa shape index (κ3) is 4.29. The molecule has 114 valence electrons. The number of amides is 2. The average Bonchev–Trinajstić information content (AvgIpc) is 2.45. The Kier molecular flexibility index (Phi) is 5.11. The van der Waals surface area contributed by atoms with Crippen molar-refractivity contribution in [2.24, 2.45) is 5.73 Å². The van der Waals surface area contributed by atoms with Crippen molar-refractivity contribution in [3.8, 4) is 0 Å². The second-order valence-corrected chi connectivity index (χ2v) is 5.38. The van der Waals surface area contributed by atoms with E-state index < -0.39 is 23.4 Å². The van der Waals surface area contributed by atoms with Crippen molar-refractivity contribution in [3.63, 3.8) is 0 Å². The Morgan fingerprint density at radius 1 is 1.09 bits per heavy atom. The summed E-state index contributed by atoms with van der Waals surface area (Å²) in [5, 5.41) is 2.56. The molecule has 0 aliphatic rings. The van der Waals surface area contributed by atoms with E-state index in [2.05, 4.69) is 5.32 Å². The first-order chi connectivity index (χ1) is 10.5. The van der Waals surface area contributed by atoms with Gasteiger partial charge in [0, 0.05) is 16.5 Å². The number of hydrogen-bond acceptors (Lipinski definition) is 3. The largest absolute Gasteiger partial charge is 0.369 e. The first kappa shape index (κ1) is 16.0. The van der Waals surface area contributed by atoms with E-state index in [1.807, 2.05) is 0 Å². The van der Waals surface area contributed by atoms with Crippen molar-refractivity contribution in [2.45, 2.75) is 4.90 Å². The topological polar surface area (TPSA) is 72.2 Å². The first-order valence-corrected chi connectivity index (χ1v) is 7.22. The number of anilines is 1. The Bertz CT molecular complexity index is 702. The number of benzene rings is 2. The molecule has 2 amide bonds. The number of carbonyl (C=O) groups excluding carboxylic acids is 2. The summed E-state index contributed by atoms with van der Waals surface area (Å²) in [7, 11) is 0. The summed E-state index contributed by atoms with van der Waals surface area (Å²) < 4.78 is 26.3. The molecule has 7 heteroatoms. The van der Waals surface area contributed by atoms with Crippen LogP contribution in [-0.2, 0) is 4.79 Å². The van der Waals surface area contributed by atoms with Gasteiger partial charge in [0.05, 0.1) is 11.4 Å². The van der Waals surface area contributed by atoms with Crippen molar-refractivity contribution >= 4 is 29.3 Å². The van der Waals surface area contributed by atoms with Gasteiger partial charge in [-0.3, -0.25) is 9.59 Å². The molecule has 0 saturated heterocycles. The standard InChI is InChI=1S/C15H12F2N2O2S/c16-10-5-9(6-11(17)7-10)15(21)19-12-3-1-2-4-13(12)22-8-14(18)20/h1-7H,8H2,(H2,18,20)(H,19,21). The van der Waals surface area contributed by atoms with Crippen LogP contribution in [0, 0.1) is 11.6 Å². The fourth-order valence-electron chi connectivity index (χ4n) is 1.72. The van der Waals surface area contributed by atoms with Gasteiger partial charge in [-0.2, -0.15) is 0 Å². The Hall–Kier alpha value is -2.41. The van der Waals surface area contributed by atoms with Crippen molar-refractivity contribution in [1.29, 1.82) is 0 Å². The summed E-state index contributed by atoms with van der Waals surface area (Å²) in [6, 6.07) is 9.33. The van der Waals surface area contributed by atoms with E-state index in [1.165, 1.54) is 0 Å². The molecule has 0 saturated carbocycles. The van der Waals surface area contributed by atoms with Crippen LogP contribution in [0.1, 0.15) is 10.4 Å². The lowest BCUT2D eigenvalue weighted by Gasteiger charge is -2.10. The summed E-state index contributed by atoms with van der Waals surface area (Å²) in [4.78, 5) is 23.5. The minimum Gasteiger partial charge on any atom is -0.369 e. The molecular weight excluding hydrogens is 310 g/mol. The Balaban J connectivity index is 2.19. The molecule has 4 nitrogen and oxygen atoms in total. The predicted molar refractivity (Wildman–Crippen MR) is 80.7 cm³/mol. The Labute approximate surface area is 129 Å². The zero-order valence-electron chi connectivity index (χ0n) is 11.3. The summed E-state index contributed by atoms with van der Waals surface area (Å²) in [5.74, 6) is -2.74. The molecule has 0 fully saturated rings. The van der Waals surface area contributed by atoms with Crippen LogP contribution >= 0.6 is 11.8 Å². The van der Waals surface area contributed by atoms with Gasteiger partial charge in [-0.05, 0) is 24.3 Å². The van der Waals surface area contributed by atoms with Crippen LogP contribution in [0.3, 0.4) is 0 Å². The molecule has 0 aliphatic carbocycles. The zero-order valence-corrected chi connectivity index (χ0v) is 12.1. The fraction of sp³-hybridized carbons (Fsp3) is 0.0667. The lowest BCUT2D eigenvalue weighted by molar-refractivity contribution is -0.115. The maximum Gasteiger partial charge on any atom is 0.255 e. The third-order valence-electron chi connectivity index (χ3n) is 2.63.